The van der Waals surface area contributed by atoms with Gasteiger partial charge in [0.05, 0.1) is 12.6 Å². The number of benzene rings is 1. The minimum absolute atomic E-state index is 0.258. The van der Waals surface area contributed by atoms with Gasteiger partial charge in [-0.25, -0.2) is 4.79 Å². The quantitative estimate of drug-likeness (QED) is 0.834. The molecule has 1 saturated heterocycles. The molecular formula is C18H26N4O3. The van der Waals surface area contributed by atoms with E-state index in [9.17, 15) is 9.59 Å². The second-order valence-electron chi connectivity index (χ2n) is 6.60. The van der Waals surface area contributed by atoms with Gasteiger partial charge in [-0.05, 0) is 24.1 Å². The van der Waals surface area contributed by atoms with Crippen LogP contribution in [0.15, 0.2) is 18.2 Å². The van der Waals surface area contributed by atoms with Crippen molar-refractivity contribution in [1.29, 1.82) is 0 Å². The van der Waals surface area contributed by atoms with Crippen LogP contribution in [0.1, 0.15) is 18.1 Å². The summed E-state index contributed by atoms with van der Waals surface area (Å²) < 4.78 is 5.56. The number of hydrogen-bond acceptors (Lipinski definition) is 5. The number of rotatable bonds is 4. The average Bonchev–Trinajstić information content (AvgIpc) is 3.09. The Balaban J connectivity index is 1.48. The molecule has 2 aliphatic rings. The standard InChI is InChI=1S/C18H26N4O3/c1-13(17(23)20-18(24)19-2)22-8-6-21(7-9-22)12-14-3-4-16-15(11-14)5-10-25-16/h3-4,11,13H,5-10,12H2,1-2H3,(H2,19,20,23,24)/t13-/m0/s1. The van der Waals surface area contributed by atoms with Gasteiger partial charge in [0.2, 0.25) is 5.91 Å². The lowest BCUT2D eigenvalue weighted by molar-refractivity contribution is -0.125. The van der Waals surface area contributed by atoms with Gasteiger partial charge in [-0.3, -0.25) is 19.9 Å². The molecule has 1 atom stereocenters. The van der Waals surface area contributed by atoms with E-state index >= 15 is 0 Å². The van der Waals surface area contributed by atoms with Crippen molar-refractivity contribution in [3.8, 4) is 5.75 Å². The van der Waals surface area contributed by atoms with Crippen LogP contribution in [-0.4, -0.2) is 67.6 Å². The molecule has 3 rings (SSSR count). The predicted octanol–water partition coefficient (Wildman–Crippen LogP) is 0.583. The van der Waals surface area contributed by atoms with Crippen molar-refractivity contribution in [1.82, 2.24) is 20.4 Å². The van der Waals surface area contributed by atoms with Gasteiger partial charge in [-0.15, -0.1) is 0 Å². The number of ether oxygens (including phenoxy) is 1. The molecule has 0 bridgehead atoms. The summed E-state index contributed by atoms with van der Waals surface area (Å²) in [6, 6.07) is 5.68. The number of urea groups is 1. The molecule has 0 spiro atoms. The summed E-state index contributed by atoms with van der Waals surface area (Å²) in [4.78, 5) is 27.8. The molecule has 0 unspecified atom stereocenters. The molecule has 0 aliphatic carbocycles. The number of hydrogen-bond donors (Lipinski definition) is 2. The van der Waals surface area contributed by atoms with Gasteiger partial charge in [0.25, 0.3) is 0 Å². The monoisotopic (exact) mass is 346 g/mol. The second-order valence-corrected chi connectivity index (χ2v) is 6.60. The second kappa shape index (κ2) is 7.84. The van der Waals surface area contributed by atoms with Crippen LogP contribution < -0.4 is 15.4 Å². The smallest absolute Gasteiger partial charge is 0.321 e. The number of imide groups is 1. The Bertz CT molecular complexity index is 641. The fourth-order valence-electron chi connectivity index (χ4n) is 3.35. The van der Waals surface area contributed by atoms with Crippen molar-refractivity contribution in [2.45, 2.75) is 25.9 Å². The molecule has 1 fully saturated rings. The normalized spacial score (nSPS) is 19.0. The highest BCUT2D eigenvalue weighted by Gasteiger charge is 2.26. The van der Waals surface area contributed by atoms with Crippen molar-refractivity contribution in [3.05, 3.63) is 29.3 Å². The van der Waals surface area contributed by atoms with Gasteiger partial charge >= 0.3 is 6.03 Å². The van der Waals surface area contributed by atoms with Gasteiger partial charge in [-0.2, -0.15) is 0 Å². The molecule has 136 valence electrons. The van der Waals surface area contributed by atoms with Crippen LogP contribution in [0.4, 0.5) is 4.79 Å². The Morgan fingerprint density at radius 2 is 2.00 bits per heavy atom. The fourth-order valence-corrected chi connectivity index (χ4v) is 3.35. The van der Waals surface area contributed by atoms with E-state index in [1.807, 2.05) is 6.92 Å². The topological polar surface area (TPSA) is 73.9 Å². The van der Waals surface area contributed by atoms with Crippen LogP contribution in [0.25, 0.3) is 0 Å². The first-order chi connectivity index (χ1) is 12.1. The summed E-state index contributed by atoms with van der Waals surface area (Å²) >= 11 is 0. The van der Waals surface area contributed by atoms with E-state index in [0.717, 1.165) is 51.5 Å². The number of nitrogens with zero attached hydrogens (tertiary/aromatic N) is 2. The van der Waals surface area contributed by atoms with Crippen LogP contribution in [0.5, 0.6) is 5.75 Å². The summed E-state index contributed by atoms with van der Waals surface area (Å²) in [6.07, 6.45) is 0.995. The summed E-state index contributed by atoms with van der Waals surface area (Å²) in [5.41, 5.74) is 2.61. The van der Waals surface area contributed by atoms with Gasteiger partial charge in [0, 0.05) is 46.2 Å². The zero-order chi connectivity index (χ0) is 17.8. The van der Waals surface area contributed by atoms with Crippen molar-refractivity contribution in [2.75, 3.05) is 39.8 Å². The molecule has 2 aliphatic heterocycles. The van der Waals surface area contributed by atoms with Crippen LogP contribution >= 0.6 is 0 Å². The van der Waals surface area contributed by atoms with E-state index in [1.165, 1.54) is 18.2 Å². The molecular weight excluding hydrogens is 320 g/mol. The Hall–Kier alpha value is -2.12. The lowest BCUT2D eigenvalue weighted by Crippen LogP contribution is -2.55. The van der Waals surface area contributed by atoms with Crippen molar-refractivity contribution in [3.63, 3.8) is 0 Å². The fraction of sp³-hybridized carbons (Fsp3) is 0.556. The first kappa shape index (κ1) is 17.7. The third-order valence-corrected chi connectivity index (χ3v) is 4.96. The molecule has 0 saturated carbocycles. The number of nitrogens with one attached hydrogen (secondary N) is 2. The maximum atomic E-state index is 12.1. The van der Waals surface area contributed by atoms with E-state index < -0.39 is 6.03 Å². The number of carbonyl (C=O) groups is 2. The van der Waals surface area contributed by atoms with Crippen LogP contribution in [0, 0.1) is 0 Å². The molecule has 7 heteroatoms. The maximum Gasteiger partial charge on any atom is 0.321 e. The summed E-state index contributed by atoms with van der Waals surface area (Å²) in [5.74, 6) is 0.760. The van der Waals surface area contributed by atoms with E-state index in [1.54, 1.807) is 0 Å². The first-order valence-electron chi connectivity index (χ1n) is 8.80. The van der Waals surface area contributed by atoms with Crippen molar-refractivity contribution >= 4 is 11.9 Å². The highest BCUT2D eigenvalue weighted by Crippen LogP contribution is 2.26. The zero-order valence-corrected chi connectivity index (χ0v) is 14.9. The molecule has 1 aromatic carbocycles. The molecule has 0 aromatic heterocycles. The van der Waals surface area contributed by atoms with Crippen molar-refractivity contribution < 1.29 is 14.3 Å². The predicted molar refractivity (Wildman–Crippen MR) is 94.6 cm³/mol. The number of amides is 3. The SMILES string of the molecule is CNC(=O)NC(=O)[C@H](C)N1CCN(Cc2ccc3c(c2)CCO3)CC1. The van der Waals surface area contributed by atoms with Crippen LogP contribution in [0.3, 0.4) is 0 Å². The van der Waals surface area contributed by atoms with Gasteiger partial charge in [0.15, 0.2) is 0 Å². The highest BCUT2D eigenvalue weighted by atomic mass is 16.5. The van der Waals surface area contributed by atoms with Crippen LogP contribution in [-0.2, 0) is 17.8 Å². The van der Waals surface area contributed by atoms with Gasteiger partial charge in [-0.1, -0.05) is 12.1 Å². The minimum Gasteiger partial charge on any atom is -0.493 e. The third kappa shape index (κ3) is 4.29. The number of fused-ring (bicyclic) bond motifs is 1. The lowest BCUT2D eigenvalue weighted by Gasteiger charge is -2.37. The van der Waals surface area contributed by atoms with Gasteiger partial charge in [0.1, 0.15) is 5.75 Å². The molecule has 0 radical (unpaired) electrons. The molecule has 2 N–H and O–H groups in total. The summed E-state index contributed by atoms with van der Waals surface area (Å²) in [5, 5.41) is 4.74. The molecule has 3 amide bonds. The minimum atomic E-state index is -0.462. The van der Waals surface area contributed by atoms with E-state index in [-0.39, 0.29) is 11.9 Å². The molecule has 2 heterocycles. The van der Waals surface area contributed by atoms with Crippen molar-refractivity contribution in [2.24, 2.45) is 0 Å². The third-order valence-electron chi connectivity index (χ3n) is 4.96. The highest BCUT2D eigenvalue weighted by molar-refractivity contribution is 5.96. The van der Waals surface area contributed by atoms with E-state index in [4.69, 9.17) is 4.74 Å². The summed E-state index contributed by atoms with van der Waals surface area (Å²) in [7, 11) is 1.50. The van der Waals surface area contributed by atoms with Gasteiger partial charge < -0.3 is 10.1 Å². The zero-order valence-electron chi connectivity index (χ0n) is 14.9. The Morgan fingerprint density at radius 1 is 1.24 bits per heavy atom. The number of piperazine rings is 1. The largest absolute Gasteiger partial charge is 0.493 e. The Morgan fingerprint density at radius 3 is 2.72 bits per heavy atom. The molecule has 25 heavy (non-hydrogen) atoms. The first-order valence-corrected chi connectivity index (χ1v) is 8.80. The summed E-state index contributed by atoms with van der Waals surface area (Å²) in [6.45, 7) is 6.99. The number of carbonyl (C=O) groups excluding carboxylic acids is 2. The Kier molecular flexibility index (Phi) is 5.55. The Labute approximate surface area is 148 Å². The molecule has 7 nitrogen and oxygen atoms in total. The lowest BCUT2D eigenvalue weighted by atomic mass is 10.1. The molecule has 1 aromatic rings. The average molecular weight is 346 g/mol. The maximum absolute atomic E-state index is 12.1. The van der Waals surface area contributed by atoms with Crippen LogP contribution in [0.2, 0.25) is 0 Å². The van der Waals surface area contributed by atoms with E-state index in [0.29, 0.717) is 0 Å². The van der Waals surface area contributed by atoms with E-state index in [2.05, 4.69) is 38.6 Å².